The summed E-state index contributed by atoms with van der Waals surface area (Å²) in [7, 11) is -3.54. The number of aryl methyl sites for hydroxylation is 1. The molecule has 0 fully saturated rings. The van der Waals surface area contributed by atoms with Crippen molar-refractivity contribution < 1.29 is 13.2 Å². The number of nitrogens with one attached hydrogen (secondary N) is 1. The van der Waals surface area contributed by atoms with Gasteiger partial charge in [-0.2, -0.15) is 0 Å². The highest BCUT2D eigenvalue weighted by Crippen LogP contribution is 2.34. The van der Waals surface area contributed by atoms with Gasteiger partial charge < -0.3 is 9.88 Å². The third-order valence-electron chi connectivity index (χ3n) is 4.13. The molecule has 0 radical (unpaired) electrons. The fourth-order valence-corrected chi connectivity index (χ4v) is 4.55. The Morgan fingerprint density at radius 3 is 2.55 bits per heavy atom. The van der Waals surface area contributed by atoms with Gasteiger partial charge in [-0.3, -0.25) is 4.79 Å². The topological polar surface area (TPSA) is 68.2 Å². The van der Waals surface area contributed by atoms with E-state index < -0.39 is 21.5 Å². The number of aromatic nitrogens is 1. The van der Waals surface area contributed by atoms with Gasteiger partial charge in [-0.25, -0.2) is 8.42 Å². The first-order chi connectivity index (χ1) is 10.4. The van der Waals surface area contributed by atoms with Gasteiger partial charge in [-0.1, -0.05) is 30.3 Å². The van der Waals surface area contributed by atoms with Crippen LogP contribution >= 0.6 is 0 Å². The molecule has 1 N–H and O–H groups in total. The average molecular weight is 318 g/mol. The quantitative estimate of drug-likeness (QED) is 0.942. The largest absolute Gasteiger partial charge is 0.330 e. The highest BCUT2D eigenvalue weighted by atomic mass is 32.2. The van der Waals surface area contributed by atoms with E-state index in [4.69, 9.17) is 0 Å². The Hall–Kier alpha value is -2.08. The van der Waals surface area contributed by atoms with Crippen molar-refractivity contribution in [1.82, 2.24) is 4.57 Å². The highest BCUT2D eigenvalue weighted by Gasteiger charge is 2.34. The fourth-order valence-electron chi connectivity index (χ4n) is 2.92. The normalized spacial score (nSPS) is 16.2. The summed E-state index contributed by atoms with van der Waals surface area (Å²) in [6, 6.07) is 9.99. The minimum absolute atomic E-state index is 0.276. The van der Waals surface area contributed by atoms with Gasteiger partial charge in [0.25, 0.3) is 0 Å². The van der Waals surface area contributed by atoms with Gasteiger partial charge in [-0.05, 0) is 31.4 Å². The second-order valence-corrected chi connectivity index (χ2v) is 7.51. The first-order valence-electron chi connectivity index (χ1n) is 7.16. The molecule has 1 amide bonds. The number of sulfone groups is 1. The van der Waals surface area contributed by atoms with E-state index in [-0.39, 0.29) is 4.90 Å². The van der Waals surface area contributed by atoms with Crippen LogP contribution < -0.4 is 5.32 Å². The van der Waals surface area contributed by atoms with E-state index in [1.54, 1.807) is 6.92 Å². The highest BCUT2D eigenvalue weighted by molar-refractivity contribution is 7.92. The van der Waals surface area contributed by atoms with Crippen LogP contribution in [0.4, 0.5) is 5.82 Å². The van der Waals surface area contributed by atoms with Crippen molar-refractivity contribution in [2.45, 2.75) is 31.7 Å². The lowest BCUT2D eigenvalue weighted by Crippen LogP contribution is -2.30. The van der Waals surface area contributed by atoms with Crippen molar-refractivity contribution in [2.24, 2.45) is 0 Å². The zero-order valence-corrected chi connectivity index (χ0v) is 13.4. The van der Waals surface area contributed by atoms with E-state index in [2.05, 4.69) is 5.32 Å². The number of fused-ring (bicyclic) bond motifs is 1. The molecule has 0 atom stereocenters. The third-order valence-corrected chi connectivity index (χ3v) is 5.89. The van der Waals surface area contributed by atoms with Crippen molar-refractivity contribution in [3.63, 3.8) is 0 Å². The van der Waals surface area contributed by atoms with Gasteiger partial charge in [0.15, 0.2) is 9.84 Å². The summed E-state index contributed by atoms with van der Waals surface area (Å²) in [5.41, 5.74) is 2.78. The number of rotatable bonds is 3. The van der Waals surface area contributed by atoms with Gasteiger partial charge in [0.2, 0.25) is 5.91 Å². The van der Waals surface area contributed by atoms with E-state index in [1.807, 2.05) is 41.8 Å². The molecular formula is C16H18N2O3S. The molecule has 2 aromatic rings. The second kappa shape index (κ2) is 5.28. The number of carbonyl (C=O) groups is 1. The number of anilines is 1. The van der Waals surface area contributed by atoms with E-state index in [0.717, 1.165) is 17.7 Å². The number of nitrogens with zero attached hydrogens (tertiary/aromatic N) is 1. The minimum Gasteiger partial charge on any atom is -0.330 e. The van der Waals surface area contributed by atoms with Gasteiger partial charge in [-0.15, -0.1) is 0 Å². The number of carbonyl (C=O) groups excluding carboxylic acids is 1. The zero-order chi connectivity index (χ0) is 15.9. The maximum Gasteiger partial charge on any atom is 0.241 e. The number of amides is 1. The lowest BCUT2D eigenvalue weighted by Gasteiger charge is -2.17. The molecule has 0 spiro atoms. The van der Waals surface area contributed by atoms with Crippen LogP contribution in [0.2, 0.25) is 0 Å². The second-order valence-electron chi connectivity index (χ2n) is 5.58. The minimum atomic E-state index is -3.54. The van der Waals surface area contributed by atoms with Gasteiger partial charge >= 0.3 is 0 Å². The summed E-state index contributed by atoms with van der Waals surface area (Å²) in [6.07, 6.45) is 0.776. The molecule has 0 saturated carbocycles. The van der Waals surface area contributed by atoms with Crippen LogP contribution in [-0.4, -0.2) is 24.6 Å². The molecular weight excluding hydrogens is 300 g/mol. The SMILES string of the molecule is Cc1c2c(n(CCc3ccccc3)c1C)NC(=O)CS2(=O)=O. The standard InChI is InChI=1S/C16H18N2O3S/c1-11-12(2)18(9-8-13-6-4-3-5-7-13)16-15(11)22(20,21)10-14(19)17-16/h3-7H,8-10H2,1-2H3,(H,17,19). The average Bonchev–Trinajstić information content (AvgIpc) is 2.69. The van der Waals surface area contributed by atoms with Crippen molar-refractivity contribution in [3.8, 4) is 0 Å². The molecule has 5 nitrogen and oxygen atoms in total. The Balaban J connectivity index is 2.01. The molecule has 1 aliphatic heterocycles. The molecule has 1 aliphatic rings. The molecule has 2 heterocycles. The monoisotopic (exact) mass is 318 g/mol. The molecule has 3 rings (SSSR count). The van der Waals surface area contributed by atoms with E-state index in [1.165, 1.54) is 5.56 Å². The van der Waals surface area contributed by atoms with E-state index >= 15 is 0 Å². The smallest absolute Gasteiger partial charge is 0.241 e. The number of hydrogen-bond donors (Lipinski definition) is 1. The lowest BCUT2D eigenvalue weighted by atomic mass is 10.1. The summed E-state index contributed by atoms with van der Waals surface area (Å²) in [5.74, 6) is -0.517. The molecule has 22 heavy (non-hydrogen) atoms. The Kier molecular flexibility index (Phi) is 3.56. The van der Waals surface area contributed by atoms with Crippen LogP contribution in [0.25, 0.3) is 0 Å². The molecule has 0 aliphatic carbocycles. The Morgan fingerprint density at radius 1 is 1.18 bits per heavy atom. The van der Waals surface area contributed by atoms with Crippen LogP contribution in [0.3, 0.4) is 0 Å². The van der Waals surface area contributed by atoms with Crippen LogP contribution in [0.15, 0.2) is 35.2 Å². The predicted molar refractivity (Wildman–Crippen MR) is 84.7 cm³/mol. The molecule has 1 aromatic carbocycles. The number of hydrogen-bond acceptors (Lipinski definition) is 3. The third kappa shape index (κ3) is 2.43. The first kappa shape index (κ1) is 14.8. The van der Waals surface area contributed by atoms with Crippen molar-refractivity contribution in [3.05, 3.63) is 47.2 Å². The summed E-state index contributed by atoms with van der Waals surface area (Å²) >= 11 is 0. The molecule has 0 bridgehead atoms. The molecule has 116 valence electrons. The summed E-state index contributed by atoms with van der Waals surface area (Å²) < 4.78 is 26.4. The Bertz CT molecular complexity index is 836. The Labute approximate surface area is 129 Å². The van der Waals surface area contributed by atoms with E-state index in [0.29, 0.717) is 12.4 Å². The maximum absolute atomic E-state index is 12.3. The molecule has 1 aromatic heterocycles. The van der Waals surface area contributed by atoms with Crippen LogP contribution in [0.1, 0.15) is 16.8 Å². The van der Waals surface area contributed by atoms with Crippen LogP contribution in [0.5, 0.6) is 0 Å². The summed E-state index contributed by atoms with van der Waals surface area (Å²) in [6.45, 7) is 4.31. The van der Waals surface area contributed by atoms with Crippen LogP contribution in [-0.2, 0) is 27.6 Å². The van der Waals surface area contributed by atoms with Crippen LogP contribution in [0, 0.1) is 13.8 Å². The number of benzene rings is 1. The molecule has 0 unspecified atom stereocenters. The van der Waals surface area contributed by atoms with Crippen molar-refractivity contribution in [1.29, 1.82) is 0 Å². The van der Waals surface area contributed by atoms with Gasteiger partial charge in [0, 0.05) is 12.2 Å². The van der Waals surface area contributed by atoms with Gasteiger partial charge in [0.1, 0.15) is 16.5 Å². The van der Waals surface area contributed by atoms with Crippen molar-refractivity contribution in [2.75, 3.05) is 11.1 Å². The lowest BCUT2D eigenvalue weighted by molar-refractivity contribution is -0.114. The molecule has 6 heteroatoms. The molecule has 0 saturated heterocycles. The fraction of sp³-hybridized carbons (Fsp3) is 0.312. The summed E-state index contributed by atoms with van der Waals surface area (Å²) in [4.78, 5) is 12.0. The van der Waals surface area contributed by atoms with Gasteiger partial charge in [0.05, 0.1) is 0 Å². The predicted octanol–water partition coefficient (Wildman–Crippen LogP) is 2.07. The first-order valence-corrected chi connectivity index (χ1v) is 8.81. The zero-order valence-electron chi connectivity index (χ0n) is 12.6. The van der Waals surface area contributed by atoms with Crippen molar-refractivity contribution >= 4 is 21.6 Å². The maximum atomic E-state index is 12.3. The Morgan fingerprint density at radius 2 is 1.86 bits per heavy atom. The van der Waals surface area contributed by atoms with E-state index in [9.17, 15) is 13.2 Å². The summed E-state index contributed by atoms with van der Waals surface area (Å²) in [5, 5.41) is 2.73.